The van der Waals surface area contributed by atoms with Crippen LogP contribution in [0.4, 0.5) is 5.69 Å². The molecule has 1 spiro atoms. The standard InChI is InChI=1S/C20H27N5O/c1-24-14-16(12-22-24)15-25-9-4-7-20(8-10-25)11-19(26)21-13-17-5-2-3-6-18(17)23-20/h2-3,5-6,12,14,23H,4,7-11,13,15H2,1H3,(H,21,26). The molecule has 26 heavy (non-hydrogen) atoms. The lowest BCUT2D eigenvalue weighted by molar-refractivity contribution is -0.122. The third kappa shape index (κ3) is 3.75. The van der Waals surface area contributed by atoms with Gasteiger partial charge < -0.3 is 10.6 Å². The van der Waals surface area contributed by atoms with Gasteiger partial charge in [-0.1, -0.05) is 18.2 Å². The third-order valence-electron chi connectivity index (χ3n) is 5.59. The molecule has 0 bridgehead atoms. The van der Waals surface area contributed by atoms with Gasteiger partial charge in [-0.3, -0.25) is 14.4 Å². The molecule has 1 unspecified atom stereocenters. The lowest BCUT2D eigenvalue weighted by Crippen LogP contribution is -2.46. The molecular formula is C20H27N5O. The summed E-state index contributed by atoms with van der Waals surface area (Å²) < 4.78 is 1.85. The minimum absolute atomic E-state index is 0.146. The zero-order valence-corrected chi connectivity index (χ0v) is 15.4. The van der Waals surface area contributed by atoms with Crippen molar-refractivity contribution in [1.29, 1.82) is 0 Å². The summed E-state index contributed by atoms with van der Waals surface area (Å²) in [5, 5.41) is 11.1. The van der Waals surface area contributed by atoms with Gasteiger partial charge in [-0.2, -0.15) is 5.10 Å². The number of hydrogen-bond donors (Lipinski definition) is 2. The first-order valence-corrected chi connectivity index (χ1v) is 9.45. The van der Waals surface area contributed by atoms with Gasteiger partial charge in [-0.15, -0.1) is 0 Å². The van der Waals surface area contributed by atoms with Gasteiger partial charge >= 0.3 is 0 Å². The molecule has 1 aromatic heterocycles. The first-order valence-electron chi connectivity index (χ1n) is 9.45. The third-order valence-corrected chi connectivity index (χ3v) is 5.59. The normalized spacial score (nSPS) is 24.1. The molecule has 6 nitrogen and oxygen atoms in total. The Labute approximate surface area is 154 Å². The van der Waals surface area contributed by atoms with Crippen LogP contribution in [0.2, 0.25) is 0 Å². The number of nitrogens with zero attached hydrogens (tertiary/aromatic N) is 3. The maximum Gasteiger partial charge on any atom is 0.222 e. The zero-order valence-electron chi connectivity index (χ0n) is 15.4. The number of fused-ring (bicyclic) bond motifs is 1. The molecule has 0 saturated carbocycles. The molecule has 1 fully saturated rings. The molecule has 4 rings (SSSR count). The van der Waals surface area contributed by atoms with E-state index in [1.165, 1.54) is 5.56 Å². The van der Waals surface area contributed by atoms with Crippen LogP contribution in [0, 0.1) is 0 Å². The second-order valence-electron chi connectivity index (χ2n) is 7.67. The summed E-state index contributed by atoms with van der Waals surface area (Å²) in [7, 11) is 1.95. The van der Waals surface area contributed by atoms with Gasteiger partial charge in [-0.05, 0) is 37.4 Å². The summed E-state index contributed by atoms with van der Waals surface area (Å²) in [6.07, 6.45) is 7.63. The molecule has 6 heteroatoms. The number of aromatic nitrogens is 2. The Bertz CT molecular complexity index is 786. The molecule has 0 radical (unpaired) electrons. The lowest BCUT2D eigenvalue weighted by Gasteiger charge is -2.37. The summed E-state index contributed by atoms with van der Waals surface area (Å²) in [6.45, 7) is 3.57. The quantitative estimate of drug-likeness (QED) is 0.869. The van der Waals surface area contributed by atoms with Crippen LogP contribution in [0.5, 0.6) is 0 Å². The molecule has 2 aromatic rings. The molecule has 1 atom stereocenters. The minimum Gasteiger partial charge on any atom is -0.379 e. The molecule has 2 aliphatic heterocycles. The van der Waals surface area contributed by atoms with Gasteiger partial charge in [0.05, 0.1) is 6.20 Å². The average molecular weight is 353 g/mol. The Morgan fingerprint density at radius 3 is 2.96 bits per heavy atom. The summed E-state index contributed by atoms with van der Waals surface area (Å²) in [5.74, 6) is 0.146. The van der Waals surface area contributed by atoms with Gasteiger partial charge in [0.1, 0.15) is 0 Å². The minimum atomic E-state index is -0.162. The Morgan fingerprint density at radius 2 is 2.12 bits per heavy atom. The van der Waals surface area contributed by atoms with Crippen molar-refractivity contribution >= 4 is 11.6 Å². The van der Waals surface area contributed by atoms with Crippen LogP contribution in [0.15, 0.2) is 36.7 Å². The van der Waals surface area contributed by atoms with Crippen LogP contribution in [0.25, 0.3) is 0 Å². The molecule has 1 saturated heterocycles. The van der Waals surface area contributed by atoms with Crippen molar-refractivity contribution in [3.8, 4) is 0 Å². The largest absolute Gasteiger partial charge is 0.379 e. The Morgan fingerprint density at radius 1 is 1.23 bits per heavy atom. The summed E-state index contributed by atoms with van der Waals surface area (Å²) in [6, 6.07) is 8.32. The van der Waals surface area contributed by atoms with E-state index in [0.717, 1.165) is 50.1 Å². The fraction of sp³-hybridized carbons (Fsp3) is 0.500. The fourth-order valence-corrected chi connectivity index (χ4v) is 4.21. The van der Waals surface area contributed by atoms with E-state index in [9.17, 15) is 4.79 Å². The Kier molecular flexibility index (Phi) is 4.68. The molecule has 138 valence electrons. The predicted molar refractivity (Wildman–Crippen MR) is 102 cm³/mol. The number of nitrogens with one attached hydrogen (secondary N) is 2. The number of hydrogen-bond acceptors (Lipinski definition) is 4. The van der Waals surface area contributed by atoms with E-state index < -0.39 is 0 Å². The first-order chi connectivity index (χ1) is 12.6. The van der Waals surface area contributed by atoms with Crippen LogP contribution >= 0.6 is 0 Å². The van der Waals surface area contributed by atoms with Gasteiger partial charge in [0, 0.05) is 56.1 Å². The van der Waals surface area contributed by atoms with Crippen molar-refractivity contribution in [2.45, 2.75) is 44.3 Å². The smallest absolute Gasteiger partial charge is 0.222 e. The lowest BCUT2D eigenvalue weighted by atomic mass is 9.85. The average Bonchev–Trinajstić information content (AvgIpc) is 2.92. The SMILES string of the molecule is Cn1cc(CN2CCCC3(CC2)CC(=O)NCc2ccccc2N3)cn1. The van der Waals surface area contributed by atoms with E-state index in [2.05, 4.69) is 45.0 Å². The van der Waals surface area contributed by atoms with Crippen molar-refractivity contribution in [2.75, 3.05) is 18.4 Å². The van der Waals surface area contributed by atoms with Gasteiger partial charge in [0.25, 0.3) is 0 Å². The van der Waals surface area contributed by atoms with Crippen molar-refractivity contribution < 1.29 is 4.79 Å². The molecule has 2 N–H and O–H groups in total. The van der Waals surface area contributed by atoms with E-state index in [1.807, 2.05) is 24.0 Å². The highest BCUT2D eigenvalue weighted by Gasteiger charge is 2.36. The maximum absolute atomic E-state index is 12.4. The zero-order chi connectivity index (χ0) is 18.0. The number of anilines is 1. The van der Waals surface area contributed by atoms with Crippen LogP contribution < -0.4 is 10.6 Å². The van der Waals surface area contributed by atoms with Crippen LogP contribution in [-0.4, -0.2) is 39.2 Å². The maximum atomic E-state index is 12.4. The number of carbonyl (C=O) groups is 1. The topological polar surface area (TPSA) is 62.2 Å². The highest BCUT2D eigenvalue weighted by Crippen LogP contribution is 2.33. The number of aryl methyl sites for hydroxylation is 1. The second-order valence-corrected chi connectivity index (χ2v) is 7.67. The number of likely N-dealkylation sites (tertiary alicyclic amines) is 1. The van der Waals surface area contributed by atoms with E-state index >= 15 is 0 Å². The summed E-state index contributed by atoms with van der Waals surface area (Å²) in [4.78, 5) is 14.9. The number of carbonyl (C=O) groups excluding carboxylic acids is 1. The van der Waals surface area contributed by atoms with E-state index in [-0.39, 0.29) is 11.4 Å². The molecule has 1 aromatic carbocycles. The molecule has 1 amide bonds. The number of benzene rings is 1. The highest BCUT2D eigenvalue weighted by molar-refractivity contribution is 5.79. The van der Waals surface area contributed by atoms with Gasteiger partial charge in [0.15, 0.2) is 0 Å². The van der Waals surface area contributed by atoms with Crippen molar-refractivity contribution in [3.05, 3.63) is 47.8 Å². The Hall–Kier alpha value is -2.34. The Balaban J connectivity index is 1.51. The monoisotopic (exact) mass is 353 g/mol. The van der Waals surface area contributed by atoms with Crippen molar-refractivity contribution in [1.82, 2.24) is 20.0 Å². The molecule has 2 aliphatic rings. The number of amides is 1. The second kappa shape index (κ2) is 7.11. The predicted octanol–water partition coefficient (Wildman–Crippen LogP) is 2.28. The van der Waals surface area contributed by atoms with Crippen LogP contribution in [-0.2, 0) is 24.9 Å². The summed E-state index contributed by atoms with van der Waals surface area (Å²) in [5.41, 5.74) is 3.41. The van der Waals surface area contributed by atoms with Crippen LogP contribution in [0.3, 0.4) is 0 Å². The van der Waals surface area contributed by atoms with Gasteiger partial charge in [0.2, 0.25) is 5.91 Å². The molecule has 0 aliphatic carbocycles. The van der Waals surface area contributed by atoms with E-state index in [0.29, 0.717) is 13.0 Å². The van der Waals surface area contributed by atoms with Crippen LogP contribution in [0.1, 0.15) is 36.8 Å². The van der Waals surface area contributed by atoms with Crippen molar-refractivity contribution in [2.24, 2.45) is 7.05 Å². The fourth-order valence-electron chi connectivity index (χ4n) is 4.21. The van der Waals surface area contributed by atoms with Gasteiger partial charge in [-0.25, -0.2) is 0 Å². The number of para-hydroxylation sites is 1. The van der Waals surface area contributed by atoms with Crippen molar-refractivity contribution in [3.63, 3.8) is 0 Å². The molecule has 3 heterocycles. The van der Waals surface area contributed by atoms with E-state index in [1.54, 1.807) is 0 Å². The summed E-state index contributed by atoms with van der Waals surface area (Å²) >= 11 is 0. The first kappa shape index (κ1) is 17.1. The highest BCUT2D eigenvalue weighted by atomic mass is 16.1. The molecular weight excluding hydrogens is 326 g/mol. The number of rotatable bonds is 2. The van der Waals surface area contributed by atoms with E-state index in [4.69, 9.17) is 0 Å².